The number of rotatable bonds is 5. The summed E-state index contributed by atoms with van der Waals surface area (Å²) in [5, 5.41) is 3.00. The van der Waals surface area contributed by atoms with Crippen molar-refractivity contribution < 1.29 is 9.13 Å². The second-order valence-electron chi connectivity index (χ2n) is 3.48. The first kappa shape index (κ1) is 11.6. The molecule has 1 aromatic carbocycles. The number of hydrogen-bond donors (Lipinski definition) is 1. The smallest absolute Gasteiger partial charge is 0.146 e. The highest BCUT2D eigenvalue weighted by atomic mass is 19.1. The number of ether oxygens (including phenoxy) is 1. The van der Waals surface area contributed by atoms with Gasteiger partial charge >= 0.3 is 0 Å². The van der Waals surface area contributed by atoms with E-state index in [9.17, 15) is 4.39 Å². The molecule has 0 aliphatic heterocycles. The molecule has 0 heterocycles. The van der Waals surface area contributed by atoms with Crippen molar-refractivity contribution in [1.29, 1.82) is 0 Å². The van der Waals surface area contributed by atoms with Gasteiger partial charge in [0.05, 0.1) is 12.8 Å². The first-order valence-corrected chi connectivity index (χ1v) is 4.85. The van der Waals surface area contributed by atoms with Crippen molar-refractivity contribution in [3.63, 3.8) is 0 Å². The molecule has 0 aromatic heterocycles. The maximum Gasteiger partial charge on any atom is 0.146 e. The summed E-state index contributed by atoms with van der Waals surface area (Å²) >= 11 is 0. The van der Waals surface area contributed by atoms with Gasteiger partial charge < -0.3 is 10.1 Å². The van der Waals surface area contributed by atoms with Crippen LogP contribution < -0.4 is 10.1 Å². The summed E-state index contributed by atoms with van der Waals surface area (Å²) in [6.07, 6.45) is 0.830. The zero-order valence-electron chi connectivity index (χ0n) is 9.14. The predicted octanol–water partition coefficient (Wildman–Crippen LogP) is 3.21. The molecule has 2 nitrogen and oxygen atoms in total. The lowest BCUT2D eigenvalue weighted by Crippen LogP contribution is -2.03. The quantitative estimate of drug-likeness (QED) is 0.752. The summed E-state index contributed by atoms with van der Waals surface area (Å²) in [6.45, 7) is 6.41. The van der Waals surface area contributed by atoms with Crippen LogP contribution in [-0.2, 0) is 0 Å². The van der Waals surface area contributed by atoms with Crippen LogP contribution in [0.3, 0.4) is 0 Å². The van der Waals surface area contributed by atoms with Gasteiger partial charge in [-0.25, -0.2) is 4.39 Å². The van der Waals surface area contributed by atoms with Gasteiger partial charge in [0.15, 0.2) is 0 Å². The van der Waals surface area contributed by atoms with Gasteiger partial charge in [-0.05, 0) is 25.5 Å². The molecule has 0 radical (unpaired) electrons. The molecule has 3 heteroatoms. The van der Waals surface area contributed by atoms with Crippen molar-refractivity contribution >= 4 is 5.69 Å². The van der Waals surface area contributed by atoms with Crippen LogP contribution in [0.25, 0.3) is 0 Å². The first-order chi connectivity index (χ1) is 7.13. The molecule has 0 bridgehead atoms. The van der Waals surface area contributed by atoms with E-state index in [2.05, 4.69) is 11.9 Å². The third-order valence-corrected chi connectivity index (χ3v) is 2.04. The highest BCUT2D eigenvalue weighted by molar-refractivity contribution is 5.49. The highest BCUT2D eigenvalue weighted by Crippen LogP contribution is 2.20. The van der Waals surface area contributed by atoms with E-state index in [0.717, 1.165) is 12.0 Å². The van der Waals surface area contributed by atoms with E-state index in [1.807, 2.05) is 6.92 Å². The van der Waals surface area contributed by atoms with Crippen LogP contribution in [0.2, 0.25) is 0 Å². The average molecular weight is 209 g/mol. The Morgan fingerprint density at radius 1 is 1.53 bits per heavy atom. The average Bonchev–Trinajstić information content (AvgIpc) is 2.20. The summed E-state index contributed by atoms with van der Waals surface area (Å²) in [5.41, 5.74) is 1.54. The van der Waals surface area contributed by atoms with Crippen molar-refractivity contribution in [1.82, 2.24) is 0 Å². The van der Waals surface area contributed by atoms with Gasteiger partial charge in [0.2, 0.25) is 0 Å². The highest BCUT2D eigenvalue weighted by Gasteiger charge is 2.02. The summed E-state index contributed by atoms with van der Waals surface area (Å²) in [6, 6.07) is 4.63. The van der Waals surface area contributed by atoms with E-state index < -0.39 is 0 Å². The SMILES string of the molecule is C=C(C)CCNc1cc(OC)ccc1F. The molecule has 0 saturated heterocycles. The third kappa shape index (κ3) is 3.62. The minimum Gasteiger partial charge on any atom is -0.497 e. The lowest BCUT2D eigenvalue weighted by Gasteiger charge is -2.08. The van der Waals surface area contributed by atoms with Crippen molar-refractivity contribution in [3.05, 3.63) is 36.2 Å². The van der Waals surface area contributed by atoms with E-state index in [4.69, 9.17) is 4.74 Å². The number of halogens is 1. The summed E-state index contributed by atoms with van der Waals surface area (Å²) in [7, 11) is 1.56. The molecule has 0 fully saturated rings. The third-order valence-electron chi connectivity index (χ3n) is 2.04. The monoisotopic (exact) mass is 209 g/mol. The topological polar surface area (TPSA) is 21.3 Å². The van der Waals surface area contributed by atoms with E-state index in [1.165, 1.54) is 6.07 Å². The van der Waals surface area contributed by atoms with E-state index in [-0.39, 0.29) is 5.82 Å². The van der Waals surface area contributed by atoms with Gasteiger partial charge in [-0.1, -0.05) is 5.57 Å². The number of nitrogens with one attached hydrogen (secondary N) is 1. The lowest BCUT2D eigenvalue weighted by molar-refractivity contribution is 0.414. The van der Waals surface area contributed by atoms with Crippen LogP contribution in [0.15, 0.2) is 30.4 Å². The first-order valence-electron chi connectivity index (χ1n) is 4.85. The molecule has 0 spiro atoms. The van der Waals surface area contributed by atoms with Gasteiger partial charge in [-0.2, -0.15) is 0 Å². The van der Waals surface area contributed by atoms with Gasteiger partial charge in [-0.3, -0.25) is 0 Å². The molecular weight excluding hydrogens is 193 g/mol. The summed E-state index contributed by atoms with van der Waals surface area (Å²) < 4.78 is 18.3. The van der Waals surface area contributed by atoms with Gasteiger partial charge in [0.1, 0.15) is 11.6 Å². The maximum atomic E-state index is 13.3. The summed E-state index contributed by atoms with van der Waals surface area (Å²) in [5.74, 6) is 0.381. The minimum atomic E-state index is -0.266. The molecule has 0 amide bonds. The Balaban J connectivity index is 2.62. The van der Waals surface area contributed by atoms with Crippen molar-refractivity contribution in [2.45, 2.75) is 13.3 Å². The largest absolute Gasteiger partial charge is 0.497 e. The zero-order valence-corrected chi connectivity index (χ0v) is 9.14. The van der Waals surface area contributed by atoms with Crippen LogP contribution in [0.1, 0.15) is 13.3 Å². The molecule has 0 unspecified atom stereocenters. The zero-order chi connectivity index (χ0) is 11.3. The minimum absolute atomic E-state index is 0.266. The fourth-order valence-electron chi connectivity index (χ4n) is 1.18. The molecule has 1 N–H and O–H groups in total. The molecule has 0 atom stereocenters. The Labute approximate surface area is 89.8 Å². The van der Waals surface area contributed by atoms with Crippen LogP contribution >= 0.6 is 0 Å². The van der Waals surface area contributed by atoms with Crippen molar-refractivity contribution in [2.24, 2.45) is 0 Å². The Morgan fingerprint density at radius 2 is 2.27 bits per heavy atom. The number of benzene rings is 1. The molecule has 0 aliphatic rings. The number of methoxy groups -OCH3 is 1. The Bertz CT molecular complexity index is 349. The van der Waals surface area contributed by atoms with Crippen LogP contribution in [0, 0.1) is 5.82 Å². The van der Waals surface area contributed by atoms with Gasteiger partial charge in [0.25, 0.3) is 0 Å². The van der Waals surface area contributed by atoms with Crippen molar-refractivity contribution in [2.75, 3.05) is 19.0 Å². The molecule has 0 aliphatic carbocycles. The lowest BCUT2D eigenvalue weighted by atomic mass is 10.2. The Kier molecular flexibility index (Phi) is 4.16. The van der Waals surface area contributed by atoms with Crippen LogP contribution in [0.4, 0.5) is 10.1 Å². The van der Waals surface area contributed by atoms with Crippen LogP contribution in [-0.4, -0.2) is 13.7 Å². The van der Waals surface area contributed by atoms with Gasteiger partial charge in [-0.15, -0.1) is 6.58 Å². The Morgan fingerprint density at radius 3 is 2.87 bits per heavy atom. The molecule has 1 rings (SSSR count). The second-order valence-corrected chi connectivity index (χ2v) is 3.48. The second kappa shape index (κ2) is 5.39. The van der Waals surface area contributed by atoms with E-state index >= 15 is 0 Å². The maximum absolute atomic E-state index is 13.3. The van der Waals surface area contributed by atoms with E-state index in [0.29, 0.717) is 18.0 Å². The standard InChI is InChI=1S/C12H16FNO/c1-9(2)6-7-14-12-8-10(15-3)4-5-11(12)13/h4-5,8,14H,1,6-7H2,2-3H3. The molecular formula is C12H16FNO. The predicted molar refractivity (Wildman–Crippen MR) is 60.9 cm³/mol. The van der Waals surface area contributed by atoms with E-state index in [1.54, 1.807) is 19.2 Å². The molecule has 0 saturated carbocycles. The normalized spacial score (nSPS) is 9.80. The van der Waals surface area contributed by atoms with Gasteiger partial charge in [0, 0.05) is 12.6 Å². The fraction of sp³-hybridized carbons (Fsp3) is 0.333. The van der Waals surface area contributed by atoms with Crippen LogP contribution in [0.5, 0.6) is 5.75 Å². The summed E-state index contributed by atoms with van der Waals surface area (Å²) in [4.78, 5) is 0. The van der Waals surface area contributed by atoms with Crippen molar-refractivity contribution in [3.8, 4) is 5.75 Å². The number of hydrogen-bond acceptors (Lipinski definition) is 2. The molecule has 15 heavy (non-hydrogen) atoms. The molecule has 82 valence electrons. The Hall–Kier alpha value is -1.51. The molecule has 1 aromatic rings. The number of anilines is 1. The fourth-order valence-corrected chi connectivity index (χ4v) is 1.18.